The zero-order valence-electron chi connectivity index (χ0n) is 13.5. The zero-order valence-corrected chi connectivity index (χ0v) is 13.5. The van der Waals surface area contributed by atoms with Gasteiger partial charge in [-0.3, -0.25) is 9.59 Å². The van der Waals surface area contributed by atoms with E-state index in [1.54, 1.807) is 4.90 Å². The number of carbonyl (C=O) groups excluding carboxylic acids is 2. The molecule has 1 aromatic heterocycles. The Balaban J connectivity index is 1.54. The van der Waals surface area contributed by atoms with Gasteiger partial charge >= 0.3 is 11.8 Å². The van der Waals surface area contributed by atoms with Gasteiger partial charge in [0.15, 0.2) is 0 Å². The molecular formula is C18H23N3O2. The quantitative estimate of drug-likeness (QED) is 0.854. The van der Waals surface area contributed by atoms with Crippen LogP contribution in [0.5, 0.6) is 0 Å². The number of para-hydroxylation sites is 1. The van der Waals surface area contributed by atoms with E-state index in [4.69, 9.17) is 0 Å². The van der Waals surface area contributed by atoms with Crippen LogP contribution in [-0.2, 0) is 16.0 Å². The maximum absolute atomic E-state index is 12.2. The van der Waals surface area contributed by atoms with Gasteiger partial charge in [0.1, 0.15) is 0 Å². The molecule has 0 aliphatic carbocycles. The summed E-state index contributed by atoms with van der Waals surface area (Å²) in [7, 11) is 0. The van der Waals surface area contributed by atoms with Crippen LogP contribution in [0.1, 0.15) is 31.7 Å². The van der Waals surface area contributed by atoms with Gasteiger partial charge in [-0.1, -0.05) is 18.2 Å². The Morgan fingerprint density at radius 2 is 2.13 bits per heavy atom. The third-order valence-corrected chi connectivity index (χ3v) is 4.61. The number of likely N-dealkylation sites (tertiary alicyclic amines) is 1. The number of benzene rings is 1. The standard InChI is InChI=1S/C18H23N3O2/c1-13-6-4-5-11-21(13)18(23)17(22)19-10-9-14-12-20-16-8-3-2-7-15(14)16/h2-3,7-8,12-13,20H,4-6,9-11H2,1H3,(H,19,22). The van der Waals surface area contributed by atoms with E-state index in [0.717, 1.165) is 35.7 Å². The first kappa shape index (κ1) is 15.6. The van der Waals surface area contributed by atoms with Gasteiger partial charge in [-0.2, -0.15) is 0 Å². The molecule has 1 fully saturated rings. The highest BCUT2D eigenvalue weighted by molar-refractivity contribution is 6.35. The molecule has 0 radical (unpaired) electrons. The van der Waals surface area contributed by atoms with E-state index in [0.29, 0.717) is 19.5 Å². The summed E-state index contributed by atoms with van der Waals surface area (Å²) in [6.45, 7) is 3.17. The molecular weight excluding hydrogens is 290 g/mol. The maximum atomic E-state index is 12.2. The van der Waals surface area contributed by atoms with Crippen LogP contribution in [0.3, 0.4) is 0 Å². The highest BCUT2D eigenvalue weighted by Gasteiger charge is 2.27. The van der Waals surface area contributed by atoms with Crippen LogP contribution in [0.25, 0.3) is 10.9 Å². The summed E-state index contributed by atoms with van der Waals surface area (Å²) < 4.78 is 0. The van der Waals surface area contributed by atoms with Gasteiger partial charge < -0.3 is 15.2 Å². The first-order chi connectivity index (χ1) is 11.2. The molecule has 2 N–H and O–H groups in total. The minimum absolute atomic E-state index is 0.163. The van der Waals surface area contributed by atoms with Crippen molar-refractivity contribution >= 4 is 22.7 Å². The Hall–Kier alpha value is -2.30. The smallest absolute Gasteiger partial charge is 0.312 e. The molecule has 5 heteroatoms. The molecule has 122 valence electrons. The fourth-order valence-electron chi connectivity index (χ4n) is 3.26. The number of piperidine rings is 1. The first-order valence-corrected chi connectivity index (χ1v) is 8.30. The number of aromatic amines is 1. The number of hydrogen-bond acceptors (Lipinski definition) is 2. The zero-order chi connectivity index (χ0) is 16.2. The molecule has 2 amide bonds. The highest BCUT2D eigenvalue weighted by atomic mass is 16.2. The normalized spacial score (nSPS) is 18.1. The Morgan fingerprint density at radius 3 is 2.96 bits per heavy atom. The van der Waals surface area contributed by atoms with Crippen molar-refractivity contribution in [1.82, 2.24) is 15.2 Å². The fraction of sp³-hybridized carbons (Fsp3) is 0.444. The van der Waals surface area contributed by atoms with Crippen molar-refractivity contribution < 1.29 is 9.59 Å². The minimum Gasteiger partial charge on any atom is -0.361 e. The monoisotopic (exact) mass is 313 g/mol. The summed E-state index contributed by atoms with van der Waals surface area (Å²) in [4.78, 5) is 29.2. The highest BCUT2D eigenvalue weighted by Crippen LogP contribution is 2.18. The average Bonchev–Trinajstić information content (AvgIpc) is 2.98. The number of H-pyrrole nitrogens is 1. The van der Waals surface area contributed by atoms with Crippen molar-refractivity contribution in [2.45, 2.75) is 38.6 Å². The largest absolute Gasteiger partial charge is 0.361 e. The molecule has 1 aliphatic heterocycles. The van der Waals surface area contributed by atoms with Crippen LogP contribution >= 0.6 is 0 Å². The molecule has 1 atom stereocenters. The summed E-state index contributed by atoms with van der Waals surface area (Å²) in [6, 6.07) is 8.24. The Labute approximate surface area is 136 Å². The number of amides is 2. The van der Waals surface area contributed by atoms with Crippen molar-refractivity contribution in [3.63, 3.8) is 0 Å². The number of fused-ring (bicyclic) bond motifs is 1. The third kappa shape index (κ3) is 3.38. The second-order valence-corrected chi connectivity index (χ2v) is 6.21. The van der Waals surface area contributed by atoms with Gasteiger partial charge in [0.05, 0.1) is 0 Å². The Morgan fingerprint density at radius 1 is 1.30 bits per heavy atom. The van der Waals surface area contributed by atoms with Gasteiger partial charge in [-0.15, -0.1) is 0 Å². The van der Waals surface area contributed by atoms with Gasteiger partial charge in [-0.25, -0.2) is 0 Å². The number of nitrogens with one attached hydrogen (secondary N) is 2. The van der Waals surface area contributed by atoms with Gasteiger partial charge in [0, 0.05) is 36.2 Å². The SMILES string of the molecule is CC1CCCCN1C(=O)C(=O)NCCc1c[nH]c2ccccc12. The van der Waals surface area contributed by atoms with Crippen LogP contribution in [0.2, 0.25) is 0 Å². The number of rotatable bonds is 3. The molecule has 0 bridgehead atoms. The predicted molar refractivity (Wildman–Crippen MR) is 90.0 cm³/mol. The van der Waals surface area contributed by atoms with Crippen LogP contribution in [0.4, 0.5) is 0 Å². The molecule has 1 unspecified atom stereocenters. The predicted octanol–water partition coefficient (Wildman–Crippen LogP) is 2.23. The van der Waals surface area contributed by atoms with E-state index >= 15 is 0 Å². The lowest BCUT2D eigenvalue weighted by Gasteiger charge is -2.32. The molecule has 0 saturated carbocycles. The Bertz CT molecular complexity index is 707. The Kier molecular flexibility index (Phi) is 4.65. The molecule has 3 rings (SSSR count). The molecule has 2 aromatic rings. The molecule has 1 saturated heterocycles. The van der Waals surface area contributed by atoms with Crippen LogP contribution < -0.4 is 5.32 Å². The number of aromatic nitrogens is 1. The summed E-state index contributed by atoms with van der Waals surface area (Å²) in [5.74, 6) is -0.880. The van der Waals surface area contributed by atoms with Crippen molar-refractivity contribution in [2.75, 3.05) is 13.1 Å². The van der Waals surface area contributed by atoms with Crippen LogP contribution in [-0.4, -0.2) is 40.8 Å². The second-order valence-electron chi connectivity index (χ2n) is 6.21. The maximum Gasteiger partial charge on any atom is 0.312 e. The van der Waals surface area contributed by atoms with E-state index in [9.17, 15) is 9.59 Å². The van der Waals surface area contributed by atoms with E-state index in [1.165, 1.54) is 0 Å². The molecule has 0 spiro atoms. The lowest BCUT2D eigenvalue weighted by atomic mass is 10.0. The van der Waals surface area contributed by atoms with E-state index < -0.39 is 11.8 Å². The lowest BCUT2D eigenvalue weighted by molar-refractivity contribution is -0.148. The van der Waals surface area contributed by atoms with Crippen molar-refractivity contribution in [3.8, 4) is 0 Å². The topological polar surface area (TPSA) is 65.2 Å². The molecule has 5 nitrogen and oxygen atoms in total. The summed E-state index contributed by atoms with van der Waals surface area (Å²) >= 11 is 0. The van der Waals surface area contributed by atoms with Gasteiger partial charge in [-0.05, 0) is 44.2 Å². The minimum atomic E-state index is -0.487. The van der Waals surface area contributed by atoms with Crippen LogP contribution in [0, 0.1) is 0 Å². The van der Waals surface area contributed by atoms with Gasteiger partial charge in [0.25, 0.3) is 0 Å². The number of hydrogen-bond donors (Lipinski definition) is 2. The molecule has 23 heavy (non-hydrogen) atoms. The van der Waals surface area contributed by atoms with Crippen molar-refractivity contribution in [3.05, 3.63) is 36.0 Å². The summed E-state index contributed by atoms with van der Waals surface area (Å²) in [6.07, 6.45) is 5.77. The van der Waals surface area contributed by atoms with E-state index in [2.05, 4.69) is 16.4 Å². The first-order valence-electron chi connectivity index (χ1n) is 8.30. The van der Waals surface area contributed by atoms with Gasteiger partial charge in [0.2, 0.25) is 0 Å². The average molecular weight is 313 g/mol. The summed E-state index contributed by atoms with van der Waals surface area (Å²) in [5, 5.41) is 3.92. The fourth-order valence-corrected chi connectivity index (χ4v) is 3.26. The summed E-state index contributed by atoms with van der Waals surface area (Å²) in [5.41, 5.74) is 2.24. The third-order valence-electron chi connectivity index (χ3n) is 4.61. The molecule has 2 heterocycles. The van der Waals surface area contributed by atoms with Crippen LogP contribution in [0.15, 0.2) is 30.5 Å². The van der Waals surface area contributed by atoms with E-state index in [-0.39, 0.29) is 6.04 Å². The van der Waals surface area contributed by atoms with E-state index in [1.807, 2.05) is 31.3 Å². The number of nitrogens with zero attached hydrogens (tertiary/aromatic N) is 1. The molecule has 1 aromatic carbocycles. The molecule has 1 aliphatic rings. The second kappa shape index (κ2) is 6.86. The lowest BCUT2D eigenvalue weighted by Crippen LogP contribution is -2.49. The van der Waals surface area contributed by atoms with Crippen molar-refractivity contribution in [2.24, 2.45) is 0 Å². The van der Waals surface area contributed by atoms with Crippen molar-refractivity contribution in [1.29, 1.82) is 0 Å². The number of carbonyl (C=O) groups is 2.